The van der Waals surface area contributed by atoms with E-state index in [9.17, 15) is 18.0 Å². The number of sulfonamides is 1. The van der Waals surface area contributed by atoms with Crippen LogP contribution in [-0.4, -0.2) is 67.5 Å². The second-order valence-corrected chi connectivity index (χ2v) is 9.82. The third kappa shape index (κ3) is 3.89. The third-order valence-electron chi connectivity index (χ3n) is 5.89. The molecule has 2 fully saturated rings. The summed E-state index contributed by atoms with van der Waals surface area (Å²) in [6, 6.07) is 4.55. The molecule has 2 aliphatic rings. The van der Waals surface area contributed by atoms with E-state index in [1.165, 1.54) is 16.4 Å². The van der Waals surface area contributed by atoms with Crippen molar-refractivity contribution in [3.8, 4) is 0 Å². The molecule has 2 saturated heterocycles. The molecule has 0 radical (unpaired) electrons. The zero-order valence-corrected chi connectivity index (χ0v) is 18.0. The summed E-state index contributed by atoms with van der Waals surface area (Å²) in [6.45, 7) is 2.56. The molecule has 0 atom stereocenters. The fourth-order valence-electron chi connectivity index (χ4n) is 4.16. The smallest absolute Gasteiger partial charge is 0.259 e. The Morgan fingerprint density at radius 1 is 1.00 bits per heavy atom. The van der Waals surface area contributed by atoms with Gasteiger partial charge < -0.3 is 14.2 Å². The molecule has 1 aromatic heterocycles. The molecule has 4 rings (SSSR count). The molecule has 0 saturated carbocycles. The average Bonchev–Trinajstić information content (AvgIpc) is 3.05. The topological polar surface area (TPSA) is 88.9 Å². The number of aromatic nitrogens is 1. The molecule has 2 aliphatic heterocycles. The summed E-state index contributed by atoms with van der Waals surface area (Å²) in [5.74, 6) is -0.277. The van der Waals surface area contributed by atoms with Crippen molar-refractivity contribution >= 4 is 26.8 Å². The van der Waals surface area contributed by atoms with Gasteiger partial charge in [-0.3, -0.25) is 9.59 Å². The molecule has 0 unspecified atom stereocenters. The zero-order chi connectivity index (χ0) is 21.3. The van der Waals surface area contributed by atoms with E-state index in [-0.39, 0.29) is 34.8 Å². The van der Waals surface area contributed by atoms with E-state index in [4.69, 9.17) is 4.74 Å². The second-order valence-electron chi connectivity index (χ2n) is 7.88. The second kappa shape index (κ2) is 8.49. The molecule has 0 N–H and O–H groups in total. The van der Waals surface area contributed by atoms with E-state index in [1.807, 2.05) is 0 Å². The number of benzene rings is 1. The quantitative estimate of drug-likeness (QED) is 0.733. The summed E-state index contributed by atoms with van der Waals surface area (Å²) in [6.07, 6.45) is 5.60. The van der Waals surface area contributed by atoms with Crippen LogP contribution in [0.4, 0.5) is 0 Å². The van der Waals surface area contributed by atoms with Crippen LogP contribution < -0.4 is 5.43 Å². The maximum atomic E-state index is 13.2. The van der Waals surface area contributed by atoms with E-state index in [1.54, 1.807) is 28.8 Å². The van der Waals surface area contributed by atoms with Gasteiger partial charge in [-0.25, -0.2) is 8.42 Å². The Morgan fingerprint density at radius 2 is 1.67 bits per heavy atom. The molecule has 2 aromatic rings. The van der Waals surface area contributed by atoms with Crippen molar-refractivity contribution in [1.29, 1.82) is 0 Å². The first-order valence-electron chi connectivity index (χ1n) is 10.4. The highest BCUT2D eigenvalue weighted by Gasteiger charge is 2.28. The molecular weight excluding hydrogens is 406 g/mol. The molecule has 9 heteroatoms. The normalized spacial score (nSPS) is 19.0. The van der Waals surface area contributed by atoms with Gasteiger partial charge in [-0.2, -0.15) is 4.31 Å². The van der Waals surface area contributed by atoms with Gasteiger partial charge in [0.25, 0.3) is 5.91 Å². The maximum Gasteiger partial charge on any atom is 0.259 e. The van der Waals surface area contributed by atoms with E-state index < -0.39 is 15.5 Å². The van der Waals surface area contributed by atoms with Gasteiger partial charge in [0, 0.05) is 44.8 Å². The lowest BCUT2D eigenvalue weighted by Gasteiger charge is -2.26. The number of likely N-dealkylation sites (tertiary alicyclic amines) is 1. The molecule has 8 nitrogen and oxygen atoms in total. The third-order valence-corrected chi connectivity index (χ3v) is 7.79. The number of carbonyl (C=O) groups excluding carboxylic acids is 1. The molecule has 162 valence electrons. The predicted octanol–water partition coefficient (Wildman–Crippen LogP) is 1.58. The summed E-state index contributed by atoms with van der Waals surface area (Å²) in [5, 5.41) is 0.243. The fourth-order valence-corrected chi connectivity index (χ4v) is 5.60. The summed E-state index contributed by atoms with van der Waals surface area (Å²) in [4.78, 5) is 28.1. The number of fused-ring (bicyclic) bond motifs is 1. The number of aryl methyl sites for hydroxylation is 1. The molecule has 3 heterocycles. The zero-order valence-electron chi connectivity index (χ0n) is 17.2. The Labute approximate surface area is 176 Å². The average molecular weight is 434 g/mol. The van der Waals surface area contributed by atoms with Crippen molar-refractivity contribution in [3.63, 3.8) is 0 Å². The van der Waals surface area contributed by atoms with Gasteiger partial charge in [-0.05, 0) is 31.0 Å². The van der Waals surface area contributed by atoms with Crippen molar-refractivity contribution in [2.75, 3.05) is 39.4 Å². The molecule has 30 heavy (non-hydrogen) atoms. The van der Waals surface area contributed by atoms with E-state index in [0.29, 0.717) is 31.8 Å². The molecule has 0 spiro atoms. The molecule has 1 amide bonds. The lowest BCUT2D eigenvalue weighted by atomic mass is 10.1. The molecule has 0 bridgehead atoms. The highest BCUT2D eigenvalue weighted by molar-refractivity contribution is 7.89. The number of hydrogen-bond donors (Lipinski definition) is 0. The van der Waals surface area contributed by atoms with Gasteiger partial charge in [0.15, 0.2) is 0 Å². The largest absolute Gasteiger partial charge is 0.379 e. The Balaban J connectivity index is 1.77. The minimum absolute atomic E-state index is 0.0633. The predicted molar refractivity (Wildman–Crippen MR) is 113 cm³/mol. The van der Waals surface area contributed by atoms with Crippen LogP contribution in [0.5, 0.6) is 0 Å². The fraction of sp³-hybridized carbons (Fsp3) is 0.524. The number of nitrogens with zero attached hydrogens (tertiary/aromatic N) is 3. The van der Waals surface area contributed by atoms with Gasteiger partial charge in [-0.1, -0.05) is 12.8 Å². The summed E-state index contributed by atoms with van der Waals surface area (Å²) >= 11 is 0. The first-order chi connectivity index (χ1) is 14.4. The van der Waals surface area contributed by atoms with Crippen LogP contribution in [-0.2, 0) is 21.8 Å². The number of pyridine rings is 1. The lowest BCUT2D eigenvalue weighted by Crippen LogP contribution is -2.40. The number of hydrogen-bond acceptors (Lipinski definition) is 5. The highest BCUT2D eigenvalue weighted by atomic mass is 32.2. The minimum Gasteiger partial charge on any atom is -0.379 e. The van der Waals surface area contributed by atoms with Crippen molar-refractivity contribution < 1.29 is 17.9 Å². The van der Waals surface area contributed by atoms with Crippen molar-refractivity contribution in [3.05, 3.63) is 40.2 Å². The van der Waals surface area contributed by atoms with Crippen LogP contribution in [0.1, 0.15) is 36.0 Å². The van der Waals surface area contributed by atoms with Crippen molar-refractivity contribution in [1.82, 2.24) is 13.8 Å². The van der Waals surface area contributed by atoms with Crippen LogP contribution >= 0.6 is 0 Å². The van der Waals surface area contributed by atoms with Crippen LogP contribution in [0.15, 0.2) is 34.1 Å². The van der Waals surface area contributed by atoms with Crippen LogP contribution in [0.2, 0.25) is 0 Å². The van der Waals surface area contributed by atoms with Gasteiger partial charge in [0.05, 0.1) is 23.6 Å². The van der Waals surface area contributed by atoms with Crippen molar-refractivity contribution in [2.24, 2.45) is 7.05 Å². The van der Waals surface area contributed by atoms with E-state index in [0.717, 1.165) is 25.7 Å². The van der Waals surface area contributed by atoms with Crippen LogP contribution in [0.25, 0.3) is 10.9 Å². The number of rotatable bonds is 3. The van der Waals surface area contributed by atoms with Gasteiger partial charge >= 0.3 is 0 Å². The number of amides is 1. The first kappa shape index (κ1) is 21.0. The first-order valence-corrected chi connectivity index (χ1v) is 11.8. The minimum atomic E-state index is -3.73. The van der Waals surface area contributed by atoms with Gasteiger partial charge in [-0.15, -0.1) is 0 Å². The molecule has 1 aromatic carbocycles. The summed E-state index contributed by atoms with van der Waals surface area (Å²) < 4.78 is 34.4. The summed E-state index contributed by atoms with van der Waals surface area (Å²) in [5.41, 5.74) is 0.262. The monoisotopic (exact) mass is 433 g/mol. The Hall–Kier alpha value is -2.23. The summed E-state index contributed by atoms with van der Waals surface area (Å²) in [7, 11) is -1.97. The Bertz CT molecular complexity index is 1110. The number of carbonyl (C=O) groups is 1. The lowest BCUT2D eigenvalue weighted by molar-refractivity contribution is 0.0730. The van der Waals surface area contributed by atoms with Crippen LogP contribution in [0.3, 0.4) is 0 Å². The van der Waals surface area contributed by atoms with Gasteiger partial charge in [0.1, 0.15) is 5.56 Å². The van der Waals surface area contributed by atoms with Crippen LogP contribution in [0, 0.1) is 0 Å². The maximum absolute atomic E-state index is 13.2. The van der Waals surface area contributed by atoms with Gasteiger partial charge in [0.2, 0.25) is 15.5 Å². The number of ether oxygens (including phenoxy) is 1. The molecule has 0 aliphatic carbocycles. The van der Waals surface area contributed by atoms with Crippen molar-refractivity contribution in [2.45, 2.75) is 30.6 Å². The van der Waals surface area contributed by atoms with E-state index >= 15 is 0 Å². The standard InChI is InChI=1S/C21H27N3O5S/c1-22-15-18(21(26)23-8-4-2-3-5-9-23)20(25)17-14-16(6-7-19(17)22)30(27,28)24-10-12-29-13-11-24/h6-7,14-15H,2-5,8-13H2,1H3. The Kier molecular flexibility index (Phi) is 5.95. The van der Waals surface area contributed by atoms with E-state index in [2.05, 4.69) is 0 Å². The SMILES string of the molecule is Cn1cc(C(=O)N2CCCCCC2)c(=O)c2cc(S(=O)(=O)N3CCOCC3)ccc21. The molecular formula is C21H27N3O5S. The highest BCUT2D eigenvalue weighted by Crippen LogP contribution is 2.22. The number of morpholine rings is 1. The Morgan fingerprint density at radius 3 is 2.33 bits per heavy atom.